The Hall–Kier alpha value is -0.670. The van der Waals surface area contributed by atoms with Crippen molar-refractivity contribution in [3.05, 3.63) is 24.0 Å². The largest absolute Gasteiger partial charge is 0.397 e. The lowest BCUT2D eigenvalue weighted by Gasteiger charge is -1.97. The number of nitrogen functional groups attached to an aromatic ring is 2. The summed E-state index contributed by atoms with van der Waals surface area (Å²) in [6.45, 7) is 0. The van der Waals surface area contributed by atoms with E-state index in [0.29, 0.717) is 0 Å². The first-order valence-corrected chi connectivity index (χ1v) is 2.51. The average Bonchev–Trinajstić information content (AvgIpc) is 1.83. The first-order chi connectivity index (χ1) is 4.22. The fourth-order valence-electron chi connectivity index (χ4n) is 0.554. The van der Waals surface area contributed by atoms with Gasteiger partial charge in [-0.2, -0.15) is 0 Å². The minimum Gasteiger partial charge on any atom is -0.397 e. The van der Waals surface area contributed by atoms with Gasteiger partial charge in [-0.3, -0.25) is 0 Å². The molecule has 0 fully saturated rings. The maximum atomic E-state index is 12.4. The van der Waals surface area contributed by atoms with Crippen molar-refractivity contribution < 1.29 is 4.39 Å². The zero-order valence-corrected chi connectivity index (χ0v) is 7.21. The number of para-hydroxylation sites is 1. The minimum atomic E-state index is -0.463. The summed E-state index contributed by atoms with van der Waals surface area (Å²) in [6.07, 6.45) is 0. The van der Waals surface area contributed by atoms with Crippen molar-refractivity contribution in [2.45, 2.75) is 0 Å². The van der Waals surface area contributed by atoms with Crippen LogP contribution in [-0.4, -0.2) is 0 Å². The molecule has 0 unspecified atom stereocenters. The molecule has 0 heterocycles. The first kappa shape index (κ1) is 13.0. The molecule has 0 spiro atoms. The third kappa shape index (κ3) is 2.82. The highest BCUT2D eigenvalue weighted by Gasteiger charge is 1.97. The Morgan fingerprint density at radius 2 is 1.64 bits per heavy atom. The predicted molar refractivity (Wildman–Crippen MR) is 49.7 cm³/mol. The van der Waals surface area contributed by atoms with Gasteiger partial charge in [0.2, 0.25) is 0 Å². The van der Waals surface area contributed by atoms with Crippen LogP contribution in [0, 0.1) is 5.82 Å². The standard InChI is InChI=1S/C6H7FN2.2ClH/c7-4-2-1-3-5(8)6(4)9;;/h1-3H,8-9H2;2*1H. The maximum Gasteiger partial charge on any atom is 0.148 e. The number of benzene rings is 1. The molecule has 0 saturated carbocycles. The van der Waals surface area contributed by atoms with Gasteiger partial charge in [0.1, 0.15) is 5.82 Å². The topological polar surface area (TPSA) is 52.0 Å². The molecule has 0 atom stereocenters. The summed E-state index contributed by atoms with van der Waals surface area (Å²) in [7, 11) is 0. The Labute approximate surface area is 76.6 Å². The van der Waals surface area contributed by atoms with E-state index < -0.39 is 5.82 Å². The van der Waals surface area contributed by atoms with E-state index in [9.17, 15) is 4.39 Å². The molecule has 0 amide bonds. The summed E-state index contributed by atoms with van der Waals surface area (Å²) in [4.78, 5) is 0. The highest BCUT2D eigenvalue weighted by Crippen LogP contribution is 2.16. The normalized spacial score (nSPS) is 7.73. The third-order valence-electron chi connectivity index (χ3n) is 1.09. The molecular formula is C6H9Cl2FN2. The van der Waals surface area contributed by atoms with E-state index in [2.05, 4.69) is 0 Å². The predicted octanol–water partition coefficient (Wildman–Crippen LogP) is 1.83. The van der Waals surface area contributed by atoms with E-state index in [1.165, 1.54) is 12.1 Å². The minimum absolute atomic E-state index is 0. The van der Waals surface area contributed by atoms with Crippen LogP contribution in [-0.2, 0) is 0 Å². The molecule has 2 nitrogen and oxygen atoms in total. The number of hydrogen-bond donors (Lipinski definition) is 2. The van der Waals surface area contributed by atoms with E-state index in [1.54, 1.807) is 6.07 Å². The third-order valence-corrected chi connectivity index (χ3v) is 1.09. The molecule has 0 aliphatic heterocycles. The van der Waals surface area contributed by atoms with Gasteiger partial charge < -0.3 is 11.5 Å². The van der Waals surface area contributed by atoms with Crippen LogP contribution in [0.4, 0.5) is 15.8 Å². The van der Waals surface area contributed by atoms with Gasteiger partial charge in [0, 0.05) is 0 Å². The number of hydrogen-bond acceptors (Lipinski definition) is 2. The number of rotatable bonds is 0. The smallest absolute Gasteiger partial charge is 0.148 e. The lowest BCUT2D eigenvalue weighted by Crippen LogP contribution is -1.96. The SMILES string of the molecule is Cl.Cl.Nc1cccc(F)c1N. The van der Waals surface area contributed by atoms with Crippen LogP contribution in [0.15, 0.2) is 18.2 Å². The zero-order chi connectivity index (χ0) is 6.85. The Morgan fingerprint density at radius 3 is 2.00 bits per heavy atom. The second-order valence-electron chi connectivity index (χ2n) is 1.74. The van der Waals surface area contributed by atoms with Crippen LogP contribution in [0.1, 0.15) is 0 Å². The van der Waals surface area contributed by atoms with Crippen LogP contribution >= 0.6 is 24.8 Å². The quantitative estimate of drug-likeness (QED) is 0.626. The molecular weight excluding hydrogens is 190 g/mol. The Balaban J connectivity index is 0. The highest BCUT2D eigenvalue weighted by atomic mass is 35.5. The van der Waals surface area contributed by atoms with Crippen LogP contribution in [0.5, 0.6) is 0 Å². The summed E-state index contributed by atoms with van der Waals surface area (Å²) in [5.41, 5.74) is 10.8. The summed E-state index contributed by atoms with van der Waals surface area (Å²) in [5, 5.41) is 0. The number of nitrogens with two attached hydrogens (primary N) is 2. The molecule has 64 valence electrons. The van der Waals surface area contributed by atoms with Gasteiger partial charge in [-0.05, 0) is 12.1 Å². The fraction of sp³-hybridized carbons (Fsp3) is 0. The summed E-state index contributed by atoms with van der Waals surface area (Å²) in [5.74, 6) is -0.463. The van der Waals surface area contributed by atoms with E-state index in [4.69, 9.17) is 11.5 Å². The molecule has 0 aliphatic carbocycles. The van der Waals surface area contributed by atoms with Gasteiger partial charge in [0.05, 0.1) is 11.4 Å². The van der Waals surface area contributed by atoms with Crippen LogP contribution in [0.2, 0.25) is 0 Å². The molecule has 4 N–H and O–H groups in total. The molecule has 11 heavy (non-hydrogen) atoms. The van der Waals surface area contributed by atoms with E-state index >= 15 is 0 Å². The molecule has 0 bridgehead atoms. The van der Waals surface area contributed by atoms with E-state index in [0.717, 1.165) is 0 Å². The number of anilines is 2. The molecule has 1 aromatic rings. The fourth-order valence-corrected chi connectivity index (χ4v) is 0.554. The van der Waals surface area contributed by atoms with Crippen LogP contribution < -0.4 is 11.5 Å². The van der Waals surface area contributed by atoms with Crippen molar-refractivity contribution in [2.24, 2.45) is 0 Å². The summed E-state index contributed by atoms with van der Waals surface area (Å²) < 4.78 is 12.4. The molecule has 1 rings (SSSR count). The summed E-state index contributed by atoms with van der Waals surface area (Å²) in [6, 6.07) is 4.34. The molecule has 0 radical (unpaired) electrons. The van der Waals surface area contributed by atoms with Gasteiger partial charge in [0.25, 0.3) is 0 Å². The van der Waals surface area contributed by atoms with Gasteiger partial charge in [-0.15, -0.1) is 24.8 Å². The average molecular weight is 199 g/mol. The van der Waals surface area contributed by atoms with Crippen molar-refractivity contribution >= 4 is 36.2 Å². The van der Waals surface area contributed by atoms with Crippen molar-refractivity contribution in [1.29, 1.82) is 0 Å². The van der Waals surface area contributed by atoms with Crippen molar-refractivity contribution in [3.8, 4) is 0 Å². The zero-order valence-electron chi connectivity index (χ0n) is 5.58. The first-order valence-electron chi connectivity index (χ1n) is 2.51. The maximum absolute atomic E-state index is 12.4. The van der Waals surface area contributed by atoms with Crippen molar-refractivity contribution in [2.75, 3.05) is 11.5 Å². The van der Waals surface area contributed by atoms with E-state index in [1.807, 2.05) is 0 Å². The molecule has 0 aromatic heterocycles. The van der Waals surface area contributed by atoms with Gasteiger partial charge in [0.15, 0.2) is 0 Å². The van der Waals surface area contributed by atoms with Crippen molar-refractivity contribution in [1.82, 2.24) is 0 Å². The molecule has 0 saturated heterocycles. The highest BCUT2D eigenvalue weighted by molar-refractivity contribution is 5.85. The Kier molecular flexibility index (Phi) is 5.94. The summed E-state index contributed by atoms with van der Waals surface area (Å²) >= 11 is 0. The number of halogens is 3. The van der Waals surface area contributed by atoms with E-state index in [-0.39, 0.29) is 36.2 Å². The second-order valence-corrected chi connectivity index (χ2v) is 1.74. The molecule has 0 aliphatic rings. The molecule has 1 aromatic carbocycles. The van der Waals surface area contributed by atoms with Gasteiger partial charge >= 0.3 is 0 Å². The lowest BCUT2D eigenvalue weighted by molar-refractivity contribution is 0.633. The van der Waals surface area contributed by atoms with Gasteiger partial charge in [-0.25, -0.2) is 4.39 Å². The second kappa shape index (κ2) is 5.04. The van der Waals surface area contributed by atoms with Gasteiger partial charge in [-0.1, -0.05) is 6.07 Å². The van der Waals surface area contributed by atoms with Crippen LogP contribution in [0.25, 0.3) is 0 Å². The van der Waals surface area contributed by atoms with Crippen molar-refractivity contribution in [3.63, 3.8) is 0 Å². The molecule has 5 heteroatoms. The lowest BCUT2D eigenvalue weighted by atomic mass is 10.3. The Bertz CT molecular complexity index is 210. The monoisotopic (exact) mass is 198 g/mol. The Morgan fingerprint density at radius 1 is 1.09 bits per heavy atom. The van der Waals surface area contributed by atoms with Crippen LogP contribution in [0.3, 0.4) is 0 Å².